The fourth-order valence-corrected chi connectivity index (χ4v) is 4.83. The summed E-state index contributed by atoms with van der Waals surface area (Å²) in [6, 6.07) is 3.92. The van der Waals surface area contributed by atoms with Crippen LogP contribution in [0.25, 0.3) is 0 Å². The maximum absolute atomic E-state index is 13.0. The lowest BCUT2D eigenvalue weighted by Gasteiger charge is -2.32. The number of benzene rings is 1. The summed E-state index contributed by atoms with van der Waals surface area (Å²) in [5.74, 6) is -0.700. The first-order chi connectivity index (χ1) is 12.8. The van der Waals surface area contributed by atoms with Gasteiger partial charge in [0.1, 0.15) is 11.9 Å². The van der Waals surface area contributed by atoms with Gasteiger partial charge in [0.05, 0.1) is 31.1 Å². The normalized spacial score (nSPS) is 22.3. The number of sulfonamides is 1. The Hall–Kier alpha value is -2.04. The van der Waals surface area contributed by atoms with E-state index in [2.05, 4.69) is 5.32 Å². The van der Waals surface area contributed by atoms with Crippen LogP contribution in [0.1, 0.15) is 19.8 Å². The summed E-state index contributed by atoms with van der Waals surface area (Å²) in [6.45, 7) is 3.70. The number of quaternary nitrogens is 1. The number of hydrogen-bond acceptors (Lipinski definition) is 4. The van der Waals surface area contributed by atoms with E-state index in [-0.39, 0.29) is 36.6 Å². The van der Waals surface area contributed by atoms with Crippen molar-refractivity contribution in [3.8, 4) is 0 Å². The average Bonchev–Trinajstić information content (AvgIpc) is 2.90. The quantitative estimate of drug-likeness (QED) is 0.625. The highest BCUT2D eigenvalue weighted by atomic mass is 32.2. The van der Waals surface area contributed by atoms with Gasteiger partial charge >= 0.3 is 6.03 Å². The predicted octanol–water partition coefficient (Wildman–Crippen LogP) is -0.607. The highest BCUT2D eigenvalue weighted by Gasteiger charge is 2.40. The van der Waals surface area contributed by atoms with E-state index >= 15 is 0 Å². The Balaban J connectivity index is 1.58. The Bertz CT molecular complexity index is 807. The standard InChI is InChI=1S/C17H23FN4O4S/c1-2-3-15-16(23)22(17(24)19-15)12-20-8-10-21(11-9-20)27(25,26)14-6-4-13(18)5-7-14/h4-7,15H,2-3,8-12H2,1H3,(H,19,24)/p+1/t15-/m1/s1. The average molecular weight is 399 g/mol. The molecule has 10 heteroatoms. The molecule has 3 amide bonds. The summed E-state index contributed by atoms with van der Waals surface area (Å²) in [4.78, 5) is 26.6. The van der Waals surface area contributed by atoms with Gasteiger partial charge in [-0.05, 0) is 30.7 Å². The molecule has 2 N–H and O–H groups in total. The highest BCUT2D eigenvalue weighted by Crippen LogP contribution is 2.16. The van der Waals surface area contributed by atoms with Gasteiger partial charge in [0.25, 0.3) is 5.91 Å². The number of urea groups is 1. The number of nitrogens with one attached hydrogen (secondary N) is 2. The summed E-state index contributed by atoms with van der Waals surface area (Å²) >= 11 is 0. The van der Waals surface area contributed by atoms with Gasteiger partial charge in [-0.3, -0.25) is 4.79 Å². The fraction of sp³-hybridized carbons (Fsp3) is 0.529. The Morgan fingerprint density at radius 1 is 1.19 bits per heavy atom. The van der Waals surface area contributed by atoms with E-state index in [0.29, 0.717) is 19.5 Å². The lowest BCUT2D eigenvalue weighted by molar-refractivity contribution is -0.910. The summed E-state index contributed by atoms with van der Waals surface area (Å²) in [5, 5.41) is 2.69. The third kappa shape index (κ3) is 4.12. The smallest absolute Gasteiger partial charge is 0.326 e. The molecule has 27 heavy (non-hydrogen) atoms. The molecule has 2 fully saturated rings. The molecule has 0 saturated carbocycles. The minimum absolute atomic E-state index is 0.0591. The lowest BCUT2D eigenvalue weighted by Crippen LogP contribution is -3.16. The van der Waals surface area contributed by atoms with Gasteiger partial charge in [-0.1, -0.05) is 13.3 Å². The number of amides is 3. The highest BCUT2D eigenvalue weighted by molar-refractivity contribution is 7.89. The van der Waals surface area contributed by atoms with Crippen LogP contribution in [-0.2, 0) is 14.8 Å². The molecule has 0 unspecified atom stereocenters. The summed E-state index contributed by atoms with van der Waals surface area (Å²) in [5.41, 5.74) is 0. The van der Waals surface area contributed by atoms with Gasteiger partial charge in [-0.25, -0.2) is 22.5 Å². The molecule has 2 aliphatic heterocycles. The summed E-state index contributed by atoms with van der Waals surface area (Å²) in [7, 11) is -3.67. The van der Waals surface area contributed by atoms with Gasteiger partial charge in [0, 0.05) is 0 Å². The van der Waals surface area contributed by atoms with E-state index < -0.39 is 21.9 Å². The van der Waals surface area contributed by atoms with E-state index in [4.69, 9.17) is 0 Å². The Labute approximate surface area is 158 Å². The summed E-state index contributed by atoms with van der Waals surface area (Å²) < 4.78 is 39.6. The van der Waals surface area contributed by atoms with Gasteiger partial charge in [-0.15, -0.1) is 0 Å². The molecule has 0 radical (unpaired) electrons. The molecule has 148 valence electrons. The first-order valence-corrected chi connectivity index (χ1v) is 10.5. The molecule has 0 aliphatic carbocycles. The maximum atomic E-state index is 13.0. The van der Waals surface area contributed by atoms with Crippen LogP contribution in [0.5, 0.6) is 0 Å². The molecule has 1 aromatic rings. The van der Waals surface area contributed by atoms with E-state index in [0.717, 1.165) is 23.5 Å². The van der Waals surface area contributed by atoms with Crippen molar-refractivity contribution in [1.29, 1.82) is 0 Å². The van der Waals surface area contributed by atoms with E-state index in [9.17, 15) is 22.4 Å². The minimum atomic E-state index is -3.67. The van der Waals surface area contributed by atoms with Crippen LogP contribution < -0.4 is 10.2 Å². The van der Waals surface area contributed by atoms with Gasteiger partial charge in [0.2, 0.25) is 10.0 Å². The molecule has 8 nitrogen and oxygen atoms in total. The zero-order valence-corrected chi connectivity index (χ0v) is 16.0. The molecule has 2 aliphatic rings. The van der Waals surface area contributed by atoms with Gasteiger partial charge in [0.15, 0.2) is 6.67 Å². The van der Waals surface area contributed by atoms with Gasteiger partial charge in [-0.2, -0.15) is 4.31 Å². The number of hydrogen-bond donors (Lipinski definition) is 2. The fourth-order valence-electron chi connectivity index (χ4n) is 3.39. The Morgan fingerprint density at radius 3 is 2.41 bits per heavy atom. The summed E-state index contributed by atoms with van der Waals surface area (Å²) in [6.07, 6.45) is 1.41. The van der Waals surface area contributed by atoms with Crippen molar-refractivity contribution in [2.24, 2.45) is 0 Å². The van der Waals surface area contributed by atoms with E-state index in [1.165, 1.54) is 21.3 Å². The number of halogens is 1. The van der Waals surface area contributed by atoms with Crippen LogP contribution in [0.15, 0.2) is 29.2 Å². The van der Waals surface area contributed by atoms with Crippen LogP contribution in [0.4, 0.5) is 9.18 Å². The molecular weight excluding hydrogens is 375 g/mol. The molecule has 2 saturated heterocycles. The van der Waals surface area contributed by atoms with Crippen LogP contribution in [-0.4, -0.2) is 68.5 Å². The van der Waals surface area contributed by atoms with Crippen molar-refractivity contribution in [2.75, 3.05) is 32.8 Å². The predicted molar refractivity (Wildman–Crippen MR) is 94.8 cm³/mol. The molecule has 0 bridgehead atoms. The SMILES string of the molecule is CCC[C@H]1NC(=O)N(C[NH+]2CCN(S(=O)(=O)c3ccc(F)cc3)CC2)C1=O. The van der Waals surface area contributed by atoms with Crippen LogP contribution in [0, 0.1) is 5.82 Å². The van der Waals surface area contributed by atoms with Crippen LogP contribution >= 0.6 is 0 Å². The van der Waals surface area contributed by atoms with Crippen molar-refractivity contribution in [3.05, 3.63) is 30.1 Å². The van der Waals surface area contributed by atoms with Crippen molar-refractivity contribution in [2.45, 2.75) is 30.7 Å². The van der Waals surface area contributed by atoms with Crippen molar-refractivity contribution < 1.29 is 27.3 Å². The third-order valence-electron chi connectivity index (χ3n) is 4.95. The monoisotopic (exact) mass is 399 g/mol. The molecule has 0 aromatic heterocycles. The van der Waals surface area contributed by atoms with E-state index in [1.54, 1.807) is 0 Å². The maximum Gasteiger partial charge on any atom is 0.329 e. The zero-order valence-electron chi connectivity index (χ0n) is 15.2. The number of imide groups is 1. The Kier molecular flexibility index (Phi) is 5.78. The molecule has 3 rings (SSSR count). The topological polar surface area (TPSA) is 91.2 Å². The Morgan fingerprint density at radius 2 is 1.81 bits per heavy atom. The number of rotatable bonds is 6. The first-order valence-electron chi connectivity index (χ1n) is 9.04. The van der Waals surface area contributed by atoms with Crippen molar-refractivity contribution in [1.82, 2.24) is 14.5 Å². The second kappa shape index (κ2) is 7.91. The van der Waals surface area contributed by atoms with Gasteiger partial charge < -0.3 is 10.2 Å². The molecule has 0 spiro atoms. The largest absolute Gasteiger partial charge is 0.329 e. The molecule has 1 aromatic carbocycles. The van der Waals surface area contributed by atoms with Crippen molar-refractivity contribution in [3.63, 3.8) is 0 Å². The first kappa shape index (κ1) is 19.7. The number of carbonyl (C=O) groups excluding carboxylic acids is 2. The van der Waals surface area contributed by atoms with E-state index in [1.807, 2.05) is 6.92 Å². The molecule has 1 atom stereocenters. The second-order valence-electron chi connectivity index (χ2n) is 6.82. The van der Waals surface area contributed by atoms with Crippen molar-refractivity contribution >= 4 is 22.0 Å². The number of carbonyl (C=O) groups is 2. The zero-order chi connectivity index (χ0) is 19.6. The number of nitrogens with zero attached hydrogens (tertiary/aromatic N) is 2. The van der Waals surface area contributed by atoms with Crippen LogP contribution in [0.3, 0.4) is 0 Å². The minimum Gasteiger partial charge on any atom is -0.326 e. The molecule has 2 heterocycles. The molecular formula is C17H24FN4O4S+. The number of piperazine rings is 1. The third-order valence-corrected chi connectivity index (χ3v) is 6.86. The lowest BCUT2D eigenvalue weighted by atomic mass is 10.2. The second-order valence-corrected chi connectivity index (χ2v) is 8.76. The van der Waals surface area contributed by atoms with Crippen LogP contribution in [0.2, 0.25) is 0 Å².